The minimum absolute atomic E-state index is 0.0564. The van der Waals surface area contributed by atoms with Gasteiger partial charge in [-0.1, -0.05) is 76.8 Å². The molecule has 0 saturated heterocycles. The van der Waals surface area contributed by atoms with E-state index in [1.165, 1.54) is 44.9 Å². The number of carbonyl (C=O) groups is 2. The van der Waals surface area contributed by atoms with Crippen LogP contribution in [0.2, 0.25) is 0 Å². The molecule has 0 aliphatic rings. The number of hydrogen-bond acceptors (Lipinski definition) is 6. The Balaban J connectivity index is 2.23. The summed E-state index contributed by atoms with van der Waals surface area (Å²) in [7, 11) is 0. The molecule has 0 atom stereocenters. The zero-order chi connectivity index (χ0) is 21.9. The molecule has 1 aromatic rings. The average molecular weight is 423 g/mol. The first kappa shape index (κ1) is 26.1. The fourth-order valence-electron chi connectivity index (χ4n) is 3.11. The highest BCUT2D eigenvalue weighted by atomic mass is 16.6. The van der Waals surface area contributed by atoms with Gasteiger partial charge in [0.05, 0.1) is 37.6 Å². The lowest BCUT2D eigenvalue weighted by Crippen LogP contribution is -2.16. The largest absolute Gasteiger partial charge is 0.462 e. The third-order valence-corrected chi connectivity index (χ3v) is 4.79. The molecule has 1 N–H and O–H groups in total. The zero-order valence-corrected chi connectivity index (χ0v) is 18.4. The van der Waals surface area contributed by atoms with Crippen LogP contribution in [0.5, 0.6) is 0 Å². The first-order valence-corrected chi connectivity index (χ1v) is 11.3. The molecule has 0 aromatic heterocycles. The van der Waals surface area contributed by atoms with Crippen LogP contribution < -0.4 is 0 Å². The van der Waals surface area contributed by atoms with Gasteiger partial charge in [-0.05, 0) is 18.6 Å². The molecule has 0 unspecified atom stereocenters. The molecule has 0 aliphatic heterocycles. The molecular weight excluding hydrogens is 384 g/mol. The van der Waals surface area contributed by atoms with E-state index in [0.29, 0.717) is 6.61 Å². The van der Waals surface area contributed by atoms with Gasteiger partial charge in [0.15, 0.2) is 0 Å². The summed E-state index contributed by atoms with van der Waals surface area (Å²) < 4.78 is 15.5. The maximum absolute atomic E-state index is 12.4. The molecule has 0 amide bonds. The Morgan fingerprint density at radius 1 is 0.700 bits per heavy atom. The van der Waals surface area contributed by atoms with Crippen LogP contribution in [0.1, 0.15) is 91.8 Å². The maximum atomic E-state index is 12.4. The summed E-state index contributed by atoms with van der Waals surface area (Å²) in [4.78, 5) is 24.6. The van der Waals surface area contributed by atoms with Gasteiger partial charge in [-0.2, -0.15) is 0 Å². The molecule has 170 valence electrons. The second-order valence-corrected chi connectivity index (χ2v) is 7.34. The molecule has 1 rings (SSSR count). The molecule has 0 spiro atoms. The van der Waals surface area contributed by atoms with Crippen molar-refractivity contribution in [3.8, 4) is 0 Å². The quantitative estimate of drug-likeness (QED) is 0.267. The van der Waals surface area contributed by atoms with Crippen LogP contribution in [-0.4, -0.2) is 50.1 Å². The van der Waals surface area contributed by atoms with Crippen molar-refractivity contribution < 1.29 is 28.9 Å². The number of aliphatic hydroxyl groups excluding tert-OH is 1. The van der Waals surface area contributed by atoms with Crippen LogP contribution in [0.4, 0.5) is 0 Å². The SMILES string of the molecule is CCCCCCCCCCCCOC(=O)c1ccccc1C(=O)OCCOCCO. The van der Waals surface area contributed by atoms with E-state index in [-0.39, 0.29) is 37.6 Å². The number of unbranched alkanes of at least 4 members (excludes halogenated alkanes) is 9. The minimum Gasteiger partial charge on any atom is -0.462 e. The van der Waals surface area contributed by atoms with E-state index in [0.717, 1.165) is 19.3 Å². The Bertz CT molecular complexity index is 587. The van der Waals surface area contributed by atoms with Crippen LogP contribution in [-0.2, 0) is 14.2 Å². The van der Waals surface area contributed by atoms with Gasteiger partial charge in [0.1, 0.15) is 6.61 Å². The van der Waals surface area contributed by atoms with Crippen molar-refractivity contribution in [2.75, 3.05) is 33.0 Å². The van der Waals surface area contributed by atoms with Gasteiger partial charge in [0.2, 0.25) is 0 Å². The molecule has 0 bridgehead atoms. The Hall–Kier alpha value is -1.92. The van der Waals surface area contributed by atoms with Crippen molar-refractivity contribution >= 4 is 11.9 Å². The highest BCUT2D eigenvalue weighted by Gasteiger charge is 2.18. The summed E-state index contributed by atoms with van der Waals surface area (Å²) in [6, 6.07) is 6.49. The normalized spacial score (nSPS) is 10.7. The van der Waals surface area contributed by atoms with Gasteiger partial charge in [-0.3, -0.25) is 0 Å². The smallest absolute Gasteiger partial charge is 0.339 e. The first-order valence-electron chi connectivity index (χ1n) is 11.3. The summed E-state index contributed by atoms with van der Waals surface area (Å²) >= 11 is 0. The van der Waals surface area contributed by atoms with Crippen molar-refractivity contribution in [1.29, 1.82) is 0 Å². The lowest BCUT2D eigenvalue weighted by atomic mass is 10.1. The highest BCUT2D eigenvalue weighted by molar-refractivity contribution is 6.03. The Morgan fingerprint density at radius 2 is 1.20 bits per heavy atom. The van der Waals surface area contributed by atoms with Crippen LogP contribution in [0.15, 0.2) is 24.3 Å². The molecule has 1 aromatic carbocycles. The number of esters is 2. The van der Waals surface area contributed by atoms with Crippen molar-refractivity contribution in [3.05, 3.63) is 35.4 Å². The van der Waals surface area contributed by atoms with Gasteiger partial charge >= 0.3 is 11.9 Å². The highest BCUT2D eigenvalue weighted by Crippen LogP contribution is 2.14. The number of hydrogen-bond donors (Lipinski definition) is 1. The third kappa shape index (κ3) is 11.9. The Kier molecular flexibility index (Phi) is 15.6. The maximum Gasteiger partial charge on any atom is 0.339 e. The monoisotopic (exact) mass is 422 g/mol. The van der Waals surface area contributed by atoms with E-state index in [9.17, 15) is 9.59 Å². The van der Waals surface area contributed by atoms with E-state index < -0.39 is 11.9 Å². The van der Waals surface area contributed by atoms with E-state index in [2.05, 4.69) is 6.92 Å². The molecule has 0 saturated carbocycles. The van der Waals surface area contributed by atoms with Gasteiger partial charge in [0, 0.05) is 0 Å². The van der Waals surface area contributed by atoms with Crippen LogP contribution in [0.25, 0.3) is 0 Å². The summed E-state index contributed by atoms with van der Waals surface area (Å²) in [5.41, 5.74) is 0.401. The van der Waals surface area contributed by atoms with E-state index in [1.807, 2.05) is 0 Å². The van der Waals surface area contributed by atoms with E-state index >= 15 is 0 Å². The van der Waals surface area contributed by atoms with Crippen LogP contribution in [0.3, 0.4) is 0 Å². The molecular formula is C24H38O6. The summed E-state index contributed by atoms with van der Waals surface area (Å²) in [6.07, 6.45) is 12.2. The lowest BCUT2D eigenvalue weighted by molar-refractivity contribution is 0.0252. The zero-order valence-electron chi connectivity index (χ0n) is 18.4. The fraction of sp³-hybridized carbons (Fsp3) is 0.667. The molecule has 0 radical (unpaired) electrons. The molecule has 0 fully saturated rings. The summed E-state index contributed by atoms with van der Waals surface area (Å²) in [5, 5.41) is 8.64. The van der Waals surface area contributed by atoms with E-state index in [1.54, 1.807) is 24.3 Å². The fourth-order valence-corrected chi connectivity index (χ4v) is 3.11. The minimum atomic E-state index is -0.589. The lowest BCUT2D eigenvalue weighted by Gasteiger charge is -2.10. The molecule has 0 aliphatic carbocycles. The van der Waals surface area contributed by atoms with Crippen molar-refractivity contribution in [2.45, 2.75) is 71.1 Å². The van der Waals surface area contributed by atoms with Crippen LogP contribution in [0, 0.1) is 0 Å². The molecule has 30 heavy (non-hydrogen) atoms. The average Bonchev–Trinajstić information content (AvgIpc) is 2.77. The number of ether oxygens (including phenoxy) is 3. The summed E-state index contributed by atoms with van der Waals surface area (Å²) in [5.74, 6) is -1.09. The van der Waals surface area contributed by atoms with Crippen molar-refractivity contribution in [2.24, 2.45) is 0 Å². The number of carbonyl (C=O) groups excluding carboxylic acids is 2. The second kappa shape index (κ2) is 17.9. The molecule has 6 heteroatoms. The first-order chi connectivity index (χ1) is 14.7. The number of rotatable bonds is 18. The van der Waals surface area contributed by atoms with Gasteiger partial charge < -0.3 is 19.3 Å². The topological polar surface area (TPSA) is 82.1 Å². The molecule has 0 heterocycles. The third-order valence-electron chi connectivity index (χ3n) is 4.79. The predicted octanol–water partition coefficient (Wildman–Crippen LogP) is 4.93. The number of benzene rings is 1. The summed E-state index contributed by atoms with van der Waals surface area (Å²) in [6.45, 7) is 2.95. The van der Waals surface area contributed by atoms with Crippen molar-refractivity contribution in [1.82, 2.24) is 0 Å². The molecule has 6 nitrogen and oxygen atoms in total. The number of aliphatic hydroxyl groups is 1. The van der Waals surface area contributed by atoms with Crippen molar-refractivity contribution in [3.63, 3.8) is 0 Å². The second-order valence-electron chi connectivity index (χ2n) is 7.34. The van der Waals surface area contributed by atoms with Gasteiger partial charge in [0.25, 0.3) is 0 Å². The predicted molar refractivity (Wildman–Crippen MR) is 117 cm³/mol. The van der Waals surface area contributed by atoms with Crippen LogP contribution >= 0.6 is 0 Å². The Morgan fingerprint density at radius 3 is 1.73 bits per heavy atom. The Labute approximate surface area is 180 Å². The standard InChI is InChI=1S/C24H38O6/c1-2-3-4-5-6-7-8-9-10-13-17-29-23(26)21-14-11-12-15-22(21)24(27)30-20-19-28-18-16-25/h11-12,14-15,25H,2-10,13,16-20H2,1H3. The van der Waals surface area contributed by atoms with Gasteiger partial charge in [-0.25, -0.2) is 9.59 Å². The van der Waals surface area contributed by atoms with Gasteiger partial charge in [-0.15, -0.1) is 0 Å². The van der Waals surface area contributed by atoms with E-state index in [4.69, 9.17) is 19.3 Å².